The van der Waals surface area contributed by atoms with Gasteiger partial charge in [0.15, 0.2) is 0 Å². The molecule has 1 rings (SSSR count). The van der Waals surface area contributed by atoms with E-state index in [0.717, 1.165) is 5.56 Å². The van der Waals surface area contributed by atoms with Crippen LogP contribution in [0.2, 0.25) is 5.02 Å². The second-order valence-electron chi connectivity index (χ2n) is 3.60. The van der Waals surface area contributed by atoms with E-state index in [9.17, 15) is 18.0 Å². The fourth-order valence-electron chi connectivity index (χ4n) is 1.29. The summed E-state index contributed by atoms with van der Waals surface area (Å²) in [6, 6.07) is 4.91. The quantitative estimate of drug-likeness (QED) is 0.799. The van der Waals surface area contributed by atoms with Crippen molar-refractivity contribution >= 4 is 17.4 Å². The number of hydrogen-bond acceptors (Lipinski definition) is 1. The molecule has 0 radical (unpaired) electrons. The first-order valence-electron chi connectivity index (χ1n) is 4.61. The van der Waals surface area contributed by atoms with Gasteiger partial charge in [-0.2, -0.15) is 13.2 Å². The SMILES string of the molecule is Cc1ccc(CC(=O)CC(F)(F)F)c(Cl)c1. The first-order valence-corrected chi connectivity index (χ1v) is 4.99. The molecule has 0 saturated heterocycles. The van der Waals surface area contributed by atoms with Gasteiger partial charge in [-0.15, -0.1) is 0 Å². The van der Waals surface area contributed by atoms with E-state index in [-0.39, 0.29) is 6.42 Å². The standard InChI is InChI=1S/C11H10ClF3O/c1-7-2-3-8(10(12)4-7)5-9(16)6-11(13,14)15/h2-4H,5-6H2,1H3. The zero-order valence-electron chi connectivity index (χ0n) is 8.57. The van der Waals surface area contributed by atoms with Gasteiger partial charge in [0.25, 0.3) is 0 Å². The van der Waals surface area contributed by atoms with Crippen LogP contribution in [0.25, 0.3) is 0 Å². The summed E-state index contributed by atoms with van der Waals surface area (Å²) in [6.45, 7) is 1.81. The van der Waals surface area contributed by atoms with Crippen LogP contribution in [0.3, 0.4) is 0 Å². The molecule has 16 heavy (non-hydrogen) atoms. The molecule has 0 spiro atoms. The minimum atomic E-state index is -4.45. The number of aryl methyl sites for hydroxylation is 1. The molecule has 0 heterocycles. The molecule has 0 saturated carbocycles. The Labute approximate surface area is 96.2 Å². The van der Waals surface area contributed by atoms with E-state index in [1.165, 1.54) is 0 Å². The van der Waals surface area contributed by atoms with Crippen molar-refractivity contribution < 1.29 is 18.0 Å². The first-order chi connectivity index (χ1) is 7.28. The summed E-state index contributed by atoms with van der Waals surface area (Å²) in [6.07, 6.45) is -6.13. The van der Waals surface area contributed by atoms with Crippen LogP contribution in [-0.4, -0.2) is 12.0 Å². The van der Waals surface area contributed by atoms with Crippen LogP contribution in [0.4, 0.5) is 13.2 Å². The Kier molecular flexibility index (Phi) is 3.97. The minimum absolute atomic E-state index is 0.279. The van der Waals surface area contributed by atoms with Gasteiger partial charge < -0.3 is 0 Å². The third-order valence-electron chi connectivity index (χ3n) is 1.99. The average molecular weight is 251 g/mol. The molecule has 0 aliphatic heterocycles. The smallest absolute Gasteiger partial charge is 0.299 e. The predicted molar refractivity (Wildman–Crippen MR) is 55.6 cm³/mol. The molecular weight excluding hydrogens is 241 g/mol. The number of rotatable bonds is 3. The second kappa shape index (κ2) is 4.87. The van der Waals surface area contributed by atoms with E-state index in [1.54, 1.807) is 18.2 Å². The number of alkyl halides is 3. The number of carbonyl (C=O) groups excluding carboxylic acids is 1. The molecular formula is C11H10ClF3O. The Bertz CT molecular complexity index is 399. The summed E-state index contributed by atoms with van der Waals surface area (Å²) < 4.78 is 35.8. The molecule has 0 bridgehead atoms. The Morgan fingerprint density at radius 2 is 2.00 bits per heavy atom. The van der Waals surface area contributed by atoms with Crippen molar-refractivity contribution in [3.05, 3.63) is 34.3 Å². The third-order valence-corrected chi connectivity index (χ3v) is 2.35. The molecule has 1 aromatic rings. The molecule has 0 unspecified atom stereocenters. The van der Waals surface area contributed by atoms with E-state index in [2.05, 4.69) is 0 Å². The fraction of sp³-hybridized carbons (Fsp3) is 0.364. The fourth-order valence-corrected chi connectivity index (χ4v) is 1.60. The van der Waals surface area contributed by atoms with Gasteiger partial charge in [-0.1, -0.05) is 23.7 Å². The average Bonchev–Trinajstić information content (AvgIpc) is 2.06. The van der Waals surface area contributed by atoms with E-state index in [1.807, 2.05) is 6.92 Å². The van der Waals surface area contributed by atoms with Crippen molar-refractivity contribution in [1.29, 1.82) is 0 Å². The van der Waals surface area contributed by atoms with E-state index in [4.69, 9.17) is 11.6 Å². The Morgan fingerprint density at radius 1 is 1.38 bits per heavy atom. The summed E-state index contributed by atoms with van der Waals surface area (Å²) >= 11 is 5.81. The zero-order valence-corrected chi connectivity index (χ0v) is 9.32. The summed E-state index contributed by atoms with van der Waals surface area (Å²) in [5.74, 6) is -0.877. The van der Waals surface area contributed by atoms with Crippen LogP contribution >= 0.6 is 11.6 Å². The van der Waals surface area contributed by atoms with Crippen molar-refractivity contribution in [2.45, 2.75) is 25.9 Å². The van der Waals surface area contributed by atoms with Crippen LogP contribution in [0.5, 0.6) is 0 Å². The number of hydrogen-bond donors (Lipinski definition) is 0. The maximum absolute atomic E-state index is 11.9. The molecule has 0 N–H and O–H groups in total. The molecule has 1 nitrogen and oxygen atoms in total. The second-order valence-corrected chi connectivity index (χ2v) is 4.01. The summed E-state index contributed by atoms with van der Waals surface area (Å²) in [7, 11) is 0. The highest BCUT2D eigenvalue weighted by atomic mass is 35.5. The van der Waals surface area contributed by atoms with Crippen molar-refractivity contribution in [3.8, 4) is 0 Å². The molecule has 0 aliphatic rings. The van der Waals surface area contributed by atoms with Crippen LogP contribution in [-0.2, 0) is 11.2 Å². The van der Waals surface area contributed by atoms with Gasteiger partial charge in [-0.05, 0) is 24.1 Å². The molecule has 0 aliphatic carbocycles. The van der Waals surface area contributed by atoms with Gasteiger partial charge in [0.2, 0.25) is 0 Å². The highest BCUT2D eigenvalue weighted by Gasteiger charge is 2.30. The predicted octanol–water partition coefficient (Wildman–Crippen LogP) is 3.71. The van der Waals surface area contributed by atoms with Crippen molar-refractivity contribution in [3.63, 3.8) is 0 Å². The monoisotopic (exact) mass is 250 g/mol. The summed E-state index contributed by atoms with van der Waals surface area (Å²) in [5, 5.41) is 0.329. The van der Waals surface area contributed by atoms with Crippen molar-refractivity contribution in [2.24, 2.45) is 0 Å². The summed E-state index contributed by atoms with van der Waals surface area (Å²) in [4.78, 5) is 11.1. The van der Waals surface area contributed by atoms with E-state index >= 15 is 0 Å². The maximum Gasteiger partial charge on any atom is 0.395 e. The van der Waals surface area contributed by atoms with Gasteiger partial charge in [-0.3, -0.25) is 4.79 Å². The lowest BCUT2D eigenvalue weighted by atomic mass is 10.1. The van der Waals surface area contributed by atoms with Gasteiger partial charge in [0.05, 0.1) is 0 Å². The lowest BCUT2D eigenvalue weighted by Crippen LogP contribution is -2.16. The van der Waals surface area contributed by atoms with Gasteiger partial charge in [0.1, 0.15) is 12.2 Å². The molecule has 0 aromatic heterocycles. The molecule has 1 aromatic carbocycles. The van der Waals surface area contributed by atoms with Gasteiger partial charge in [0, 0.05) is 11.4 Å². The number of ketones is 1. The van der Waals surface area contributed by atoms with Crippen molar-refractivity contribution in [1.82, 2.24) is 0 Å². The van der Waals surface area contributed by atoms with Crippen LogP contribution in [0, 0.1) is 6.92 Å². The zero-order chi connectivity index (χ0) is 12.3. The van der Waals surface area contributed by atoms with Crippen LogP contribution in [0.15, 0.2) is 18.2 Å². The third kappa shape index (κ3) is 4.23. The number of halogens is 4. The normalized spacial score (nSPS) is 11.6. The van der Waals surface area contributed by atoms with Crippen LogP contribution < -0.4 is 0 Å². The maximum atomic E-state index is 11.9. The topological polar surface area (TPSA) is 17.1 Å². The molecule has 0 atom stereocenters. The van der Waals surface area contributed by atoms with Crippen LogP contribution in [0.1, 0.15) is 17.5 Å². The minimum Gasteiger partial charge on any atom is -0.299 e. The lowest BCUT2D eigenvalue weighted by molar-refractivity contribution is -0.151. The van der Waals surface area contributed by atoms with Crippen molar-refractivity contribution in [2.75, 3.05) is 0 Å². The van der Waals surface area contributed by atoms with Gasteiger partial charge in [-0.25, -0.2) is 0 Å². The number of Topliss-reactive ketones (excluding diaryl/α,β-unsaturated/α-hetero) is 1. The van der Waals surface area contributed by atoms with E-state index in [0.29, 0.717) is 10.6 Å². The molecule has 0 amide bonds. The number of carbonyl (C=O) groups is 1. The number of benzene rings is 1. The Balaban J connectivity index is 2.70. The van der Waals surface area contributed by atoms with E-state index < -0.39 is 18.4 Å². The summed E-state index contributed by atoms with van der Waals surface area (Å²) in [5.41, 5.74) is 1.33. The Morgan fingerprint density at radius 3 is 2.50 bits per heavy atom. The van der Waals surface area contributed by atoms with Gasteiger partial charge >= 0.3 is 6.18 Å². The largest absolute Gasteiger partial charge is 0.395 e. The molecule has 88 valence electrons. The molecule has 0 fully saturated rings. The Hall–Kier alpha value is -1.03. The highest BCUT2D eigenvalue weighted by Crippen LogP contribution is 2.23. The highest BCUT2D eigenvalue weighted by molar-refractivity contribution is 6.31. The lowest BCUT2D eigenvalue weighted by Gasteiger charge is -2.07. The first kappa shape index (κ1) is 13.0. The molecule has 5 heteroatoms.